The molecule has 2 aromatic rings. The van der Waals surface area contributed by atoms with Gasteiger partial charge in [0.15, 0.2) is 0 Å². The molecule has 0 spiro atoms. The Bertz CT molecular complexity index is 491. The first-order chi connectivity index (χ1) is 8.81. The zero-order valence-electron chi connectivity index (χ0n) is 10.9. The quantitative estimate of drug-likeness (QED) is 0.844. The van der Waals surface area contributed by atoms with Crippen molar-refractivity contribution >= 4 is 5.69 Å². The van der Waals surface area contributed by atoms with Crippen LogP contribution < -0.4 is 5.32 Å². The number of nitrogens with one attached hydrogen (secondary N) is 1. The number of hydrogen-bond acceptors (Lipinski definition) is 3. The first kappa shape index (κ1) is 12.7. The summed E-state index contributed by atoms with van der Waals surface area (Å²) in [6.45, 7) is 3.43. The van der Waals surface area contributed by atoms with Crippen molar-refractivity contribution in [3.05, 3.63) is 53.5 Å². The lowest BCUT2D eigenvalue weighted by Gasteiger charge is -2.06. The van der Waals surface area contributed by atoms with E-state index in [2.05, 4.69) is 24.4 Å². The molecule has 0 fully saturated rings. The second-order valence-corrected chi connectivity index (χ2v) is 4.21. The van der Waals surface area contributed by atoms with Crippen molar-refractivity contribution in [2.45, 2.75) is 26.5 Å². The fourth-order valence-corrected chi connectivity index (χ4v) is 1.83. The number of anilines is 1. The Morgan fingerprint density at radius 2 is 2.00 bits per heavy atom. The van der Waals surface area contributed by atoms with E-state index in [0.717, 1.165) is 29.2 Å². The van der Waals surface area contributed by atoms with Crippen LogP contribution >= 0.6 is 0 Å². The van der Waals surface area contributed by atoms with E-state index in [1.807, 2.05) is 24.3 Å². The van der Waals surface area contributed by atoms with Crippen LogP contribution in [-0.4, -0.2) is 7.11 Å². The van der Waals surface area contributed by atoms with E-state index < -0.39 is 0 Å². The number of benzene rings is 1. The minimum atomic E-state index is 0.635. The fraction of sp³-hybridized carbons (Fsp3) is 0.333. The number of ether oxygens (including phenoxy) is 1. The summed E-state index contributed by atoms with van der Waals surface area (Å²) in [5.74, 6) is 1.99. The monoisotopic (exact) mass is 245 g/mol. The molecule has 0 unspecified atom stereocenters. The highest BCUT2D eigenvalue weighted by Crippen LogP contribution is 2.14. The molecule has 0 saturated heterocycles. The highest BCUT2D eigenvalue weighted by atomic mass is 16.5. The van der Waals surface area contributed by atoms with E-state index >= 15 is 0 Å². The maximum atomic E-state index is 5.65. The zero-order chi connectivity index (χ0) is 12.8. The SMILES string of the molecule is CCc1ccc(CNc2cccc(COC)c2)o1. The Hall–Kier alpha value is -1.74. The van der Waals surface area contributed by atoms with Gasteiger partial charge >= 0.3 is 0 Å². The van der Waals surface area contributed by atoms with Gasteiger partial charge in [0, 0.05) is 19.2 Å². The van der Waals surface area contributed by atoms with Crippen molar-refractivity contribution in [3.63, 3.8) is 0 Å². The molecule has 0 radical (unpaired) electrons. The Labute approximate surface area is 108 Å². The summed E-state index contributed by atoms with van der Waals surface area (Å²) < 4.78 is 10.8. The molecule has 0 aliphatic carbocycles. The molecule has 3 heteroatoms. The molecule has 18 heavy (non-hydrogen) atoms. The van der Waals surface area contributed by atoms with Crippen LogP contribution in [0, 0.1) is 0 Å². The molecule has 3 nitrogen and oxygen atoms in total. The van der Waals surface area contributed by atoms with Crippen LogP contribution in [0.25, 0.3) is 0 Å². The number of rotatable bonds is 6. The highest BCUT2D eigenvalue weighted by molar-refractivity contribution is 5.45. The maximum absolute atomic E-state index is 5.65. The van der Waals surface area contributed by atoms with Crippen LogP contribution in [-0.2, 0) is 24.3 Å². The molecular formula is C15H19NO2. The van der Waals surface area contributed by atoms with E-state index in [-0.39, 0.29) is 0 Å². The summed E-state index contributed by atoms with van der Waals surface area (Å²) in [6, 6.07) is 12.3. The molecule has 0 aliphatic rings. The molecule has 0 bridgehead atoms. The molecule has 2 rings (SSSR count). The van der Waals surface area contributed by atoms with Gasteiger partial charge in [-0.2, -0.15) is 0 Å². The van der Waals surface area contributed by atoms with Gasteiger partial charge in [0.1, 0.15) is 11.5 Å². The normalized spacial score (nSPS) is 10.6. The van der Waals surface area contributed by atoms with Gasteiger partial charge in [0.05, 0.1) is 13.2 Å². The molecule has 1 aromatic heterocycles. The van der Waals surface area contributed by atoms with Crippen LogP contribution in [0.3, 0.4) is 0 Å². The van der Waals surface area contributed by atoms with Gasteiger partial charge in [0.2, 0.25) is 0 Å². The van der Waals surface area contributed by atoms with E-state index in [1.165, 1.54) is 0 Å². The first-order valence-electron chi connectivity index (χ1n) is 6.21. The second kappa shape index (κ2) is 6.26. The first-order valence-corrected chi connectivity index (χ1v) is 6.21. The summed E-state index contributed by atoms with van der Waals surface area (Å²) >= 11 is 0. The predicted octanol–water partition coefficient (Wildman–Crippen LogP) is 3.60. The number of hydrogen-bond donors (Lipinski definition) is 1. The summed E-state index contributed by atoms with van der Waals surface area (Å²) in [4.78, 5) is 0. The van der Waals surface area contributed by atoms with Gasteiger partial charge in [-0.25, -0.2) is 0 Å². The van der Waals surface area contributed by atoms with Crippen LogP contribution in [0.1, 0.15) is 24.0 Å². The van der Waals surface area contributed by atoms with Crippen LogP contribution in [0.2, 0.25) is 0 Å². The van der Waals surface area contributed by atoms with Gasteiger partial charge < -0.3 is 14.5 Å². The third-order valence-corrected chi connectivity index (χ3v) is 2.77. The smallest absolute Gasteiger partial charge is 0.123 e. The van der Waals surface area contributed by atoms with Crippen LogP contribution in [0.15, 0.2) is 40.8 Å². The molecule has 1 aromatic carbocycles. The van der Waals surface area contributed by atoms with E-state index in [1.54, 1.807) is 7.11 Å². The van der Waals surface area contributed by atoms with Crippen molar-refractivity contribution in [2.75, 3.05) is 12.4 Å². The average molecular weight is 245 g/mol. The fourth-order valence-electron chi connectivity index (χ4n) is 1.83. The van der Waals surface area contributed by atoms with E-state index in [4.69, 9.17) is 9.15 Å². The minimum Gasteiger partial charge on any atom is -0.464 e. The molecule has 0 amide bonds. The van der Waals surface area contributed by atoms with Crippen molar-refractivity contribution in [1.82, 2.24) is 0 Å². The summed E-state index contributed by atoms with van der Waals surface area (Å²) in [6.07, 6.45) is 0.934. The predicted molar refractivity (Wildman–Crippen MR) is 72.6 cm³/mol. The average Bonchev–Trinajstić information content (AvgIpc) is 2.85. The third kappa shape index (κ3) is 3.37. The molecule has 96 valence electrons. The molecule has 1 heterocycles. The maximum Gasteiger partial charge on any atom is 0.123 e. The van der Waals surface area contributed by atoms with Crippen LogP contribution in [0.4, 0.5) is 5.69 Å². The third-order valence-electron chi connectivity index (χ3n) is 2.77. The lowest BCUT2D eigenvalue weighted by molar-refractivity contribution is 0.185. The van der Waals surface area contributed by atoms with Crippen LogP contribution in [0.5, 0.6) is 0 Å². The number of furan rings is 1. The van der Waals surface area contributed by atoms with Gasteiger partial charge in [-0.15, -0.1) is 0 Å². The number of methoxy groups -OCH3 is 1. The largest absolute Gasteiger partial charge is 0.464 e. The van der Waals surface area contributed by atoms with Crippen molar-refractivity contribution in [3.8, 4) is 0 Å². The van der Waals surface area contributed by atoms with E-state index in [0.29, 0.717) is 13.2 Å². The zero-order valence-corrected chi connectivity index (χ0v) is 10.9. The van der Waals surface area contributed by atoms with Gasteiger partial charge in [-0.05, 0) is 29.8 Å². The Morgan fingerprint density at radius 3 is 2.72 bits per heavy atom. The molecular weight excluding hydrogens is 226 g/mol. The standard InChI is InChI=1S/C15H19NO2/c1-3-14-7-8-15(18-14)10-16-13-6-4-5-12(9-13)11-17-2/h4-9,16H,3,10-11H2,1-2H3. The Kier molecular flexibility index (Phi) is 4.42. The molecule has 1 N–H and O–H groups in total. The number of aryl methyl sites for hydroxylation is 1. The minimum absolute atomic E-state index is 0.635. The van der Waals surface area contributed by atoms with Crippen molar-refractivity contribution < 1.29 is 9.15 Å². The Morgan fingerprint density at radius 1 is 1.17 bits per heavy atom. The lowest BCUT2D eigenvalue weighted by Crippen LogP contribution is -1.99. The molecule has 0 aliphatic heterocycles. The Balaban J connectivity index is 1.94. The van der Waals surface area contributed by atoms with Crippen molar-refractivity contribution in [2.24, 2.45) is 0 Å². The van der Waals surface area contributed by atoms with E-state index in [9.17, 15) is 0 Å². The lowest BCUT2D eigenvalue weighted by atomic mass is 10.2. The molecule has 0 saturated carbocycles. The second-order valence-electron chi connectivity index (χ2n) is 4.21. The topological polar surface area (TPSA) is 34.4 Å². The summed E-state index contributed by atoms with van der Waals surface area (Å²) in [5.41, 5.74) is 2.25. The van der Waals surface area contributed by atoms with Gasteiger partial charge in [-0.1, -0.05) is 19.1 Å². The summed E-state index contributed by atoms with van der Waals surface area (Å²) in [7, 11) is 1.70. The molecule has 0 atom stereocenters. The highest BCUT2D eigenvalue weighted by Gasteiger charge is 2.01. The summed E-state index contributed by atoms with van der Waals surface area (Å²) in [5, 5.41) is 3.35. The van der Waals surface area contributed by atoms with Gasteiger partial charge in [0.25, 0.3) is 0 Å². The van der Waals surface area contributed by atoms with Crippen molar-refractivity contribution in [1.29, 1.82) is 0 Å². The van der Waals surface area contributed by atoms with Gasteiger partial charge in [-0.3, -0.25) is 0 Å².